The molecule has 1 aliphatic rings. The normalized spacial score (nSPS) is 18.3. The molecule has 0 aromatic carbocycles. The van der Waals surface area contributed by atoms with Crippen LogP contribution in [-0.2, 0) is 16.1 Å². The first-order valence-corrected chi connectivity index (χ1v) is 9.66. The number of hydrogen-bond acceptors (Lipinski definition) is 6. The third kappa shape index (κ3) is 3.38. The minimum absolute atomic E-state index is 0.0360. The quantitative estimate of drug-likeness (QED) is 0.368. The number of aryl methyl sites for hydroxylation is 3. The van der Waals surface area contributed by atoms with Crippen molar-refractivity contribution in [2.24, 2.45) is 0 Å². The van der Waals surface area contributed by atoms with Gasteiger partial charge in [0.2, 0.25) is 0 Å². The lowest BCUT2D eigenvalue weighted by molar-refractivity contribution is -0.140. The molecule has 0 bridgehead atoms. The average Bonchev–Trinajstić information content (AvgIpc) is 3.44. The number of nitrogens with zero attached hydrogens (tertiary/aromatic N) is 5. The Morgan fingerprint density at radius 3 is 2.67 bits per heavy atom. The number of amides is 1. The predicted octanol–water partition coefficient (Wildman–Crippen LogP) is 2.13. The Balaban J connectivity index is 1.74. The standard InChI is InChI=1S/C21H22N6O3/c1-13-16(14(2)25-24-13)19(28)17-18(15-6-3-4-7-23-15)27(21(30)20(17)29)10-5-9-26-11-8-22-12-26/h3-4,6-8,11-12,18,28H,5,9-10H2,1-2H3,(H,24,25)/b19-17+. The van der Waals surface area contributed by atoms with E-state index in [-0.39, 0.29) is 11.3 Å². The fourth-order valence-electron chi connectivity index (χ4n) is 3.83. The van der Waals surface area contributed by atoms with Crippen LogP contribution in [0.3, 0.4) is 0 Å². The van der Waals surface area contributed by atoms with E-state index in [9.17, 15) is 14.7 Å². The largest absolute Gasteiger partial charge is 0.507 e. The van der Waals surface area contributed by atoms with Crippen LogP contribution < -0.4 is 0 Å². The van der Waals surface area contributed by atoms with Crippen molar-refractivity contribution >= 4 is 17.4 Å². The molecule has 9 heteroatoms. The molecule has 1 unspecified atom stereocenters. The highest BCUT2D eigenvalue weighted by atomic mass is 16.3. The van der Waals surface area contributed by atoms with Crippen molar-refractivity contribution in [3.05, 3.63) is 71.3 Å². The van der Waals surface area contributed by atoms with Gasteiger partial charge in [-0.05, 0) is 32.4 Å². The molecular weight excluding hydrogens is 384 g/mol. The zero-order chi connectivity index (χ0) is 21.3. The molecular formula is C21H22N6O3. The van der Waals surface area contributed by atoms with Gasteiger partial charge >= 0.3 is 0 Å². The number of ketones is 1. The van der Waals surface area contributed by atoms with Crippen LogP contribution in [0.2, 0.25) is 0 Å². The maximum absolute atomic E-state index is 13.0. The smallest absolute Gasteiger partial charge is 0.295 e. The van der Waals surface area contributed by atoms with E-state index in [1.165, 1.54) is 4.90 Å². The molecule has 0 spiro atoms. The Hall–Kier alpha value is -3.75. The third-order valence-electron chi connectivity index (χ3n) is 5.25. The average molecular weight is 406 g/mol. The van der Waals surface area contributed by atoms with Gasteiger partial charge in [0.25, 0.3) is 11.7 Å². The van der Waals surface area contributed by atoms with Crippen LogP contribution in [0.5, 0.6) is 0 Å². The second-order valence-corrected chi connectivity index (χ2v) is 7.21. The lowest BCUT2D eigenvalue weighted by atomic mass is 9.97. The lowest BCUT2D eigenvalue weighted by Gasteiger charge is -2.24. The number of aliphatic hydroxyl groups is 1. The van der Waals surface area contributed by atoms with Crippen LogP contribution >= 0.6 is 0 Å². The maximum atomic E-state index is 13.0. The molecule has 3 aromatic rings. The summed E-state index contributed by atoms with van der Waals surface area (Å²) in [5, 5.41) is 18.0. The first kappa shape index (κ1) is 19.6. The number of imidazole rings is 1. The minimum atomic E-state index is -0.761. The number of carbonyl (C=O) groups is 2. The summed E-state index contributed by atoms with van der Waals surface area (Å²) in [7, 11) is 0. The first-order chi connectivity index (χ1) is 14.5. The highest BCUT2D eigenvalue weighted by Gasteiger charge is 2.46. The second kappa shape index (κ2) is 7.94. The highest BCUT2D eigenvalue weighted by molar-refractivity contribution is 6.46. The maximum Gasteiger partial charge on any atom is 0.295 e. The van der Waals surface area contributed by atoms with E-state index in [0.717, 1.165) is 0 Å². The molecule has 154 valence electrons. The van der Waals surface area contributed by atoms with E-state index in [1.54, 1.807) is 50.8 Å². The van der Waals surface area contributed by atoms with Gasteiger partial charge in [-0.3, -0.25) is 19.7 Å². The molecule has 1 aliphatic heterocycles. The van der Waals surface area contributed by atoms with Crippen molar-refractivity contribution in [2.75, 3.05) is 6.54 Å². The van der Waals surface area contributed by atoms with Crippen molar-refractivity contribution in [1.29, 1.82) is 0 Å². The fraction of sp³-hybridized carbons (Fsp3) is 0.286. The number of aliphatic hydroxyl groups excluding tert-OH is 1. The van der Waals surface area contributed by atoms with Gasteiger partial charge in [-0.2, -0.15) is 5.10 Å². The molecule has 4 rings (SSSR count). The molecule has 3 aromatic heterocycles. The van der Waals surface area contributed by atoms with Gasteiger partial charge in [-0.25, -0.2) is 4.98 Å². The van der Waals surface area contributed by atoms with Crippen molar-refractivity contribution in [3.63, 3.8) is 0 Å². The van der Waals surface area contributed by atoms with Gasteiger partial charge in [-0.1, -0.05) is 6.07 Å². The number of aromatic nitrogens is 5. The summed E-state index contributed by atoms with van der Waals surface area (Å²) in [6.07, 6.45) is 7.46. The number of Topliss-reactive ketones (excluding diaryl/α,β-unsaturated/α-hetero) is 1. The summed E-state index contributed by atoms with van der Waals surface area (Å²) < 4.78 is 1.91. The van der Waals surface area contributed by atoms with Crippen molar-refractivity contribution in [1.82, 2.24) is 29.6 Å². The molecule has 4 heterocycles. The first-order valence-electron chi connectivity index (χ1n) is 9.66. The van der Waals surface area contributed by atoms with Gasteiger partial charge in [0.1, 0.15) is 11.8 Å². The number of aromatic amines is 1. The SMILES string of the molecule is Cc1n[nH]c(C)c1/C(O)=C1\C(=O)C(=O)N(CCCn2ccnc2)C1c1ccccn1. The summed E-state index contributed by atoms with van der Waals surface area (Å²) >= 11 is 0. The van der Waals surface area contributed by atoms with Gasteiger partial charge in [0.15, 0.2) is 0 Å². The zero-order valence-electron chi connectivity index (χ0n) is 16.7. The van der Waals surface area contributed by atoms with Crippen LogP contribution in [0.1, 0.15) is 35.1 Å². The summed E-state index contributed by atoms with van der Waals surface area (Å²) in [5.41, 5.74) is 2.17. The number of nitrogens with one attached hydrogen (secondary N) is 1. The number of pyridine rings is 1. The highest BCUT2D eigenvalue weighted by Crippen LogP contribution is 2.39. The van der Waals surface area contributed by atoms with E-state index >= 15 is 0 Å². The van der Waals surface area contributed by atoms with Gasteiger partial charge in [-0.15, -0.1) is 0 Å². The van der Waals surface area contributed by atoms with Crippen LogP contribution in [0.25, 0.3) is 5.76 Å². The Morgan fingerprint density at radius 2 is 2.03 bits per heavy atom. The fourth-order valence-corrected chi connectivity index (χ4v) is 3.83. The molecule has 9 nitrogen and oxygen atoms in total. The number of carbonyl (C=O) groups excluding carboxylic acids is 2. The molecule has 0 radical (unpaired) electrons. The Kier molecular flexibility index (Phi) is 5.18. The van der Waals surface area contributed by atoms with Crippen molar-refractivity contribution in [3.8, 4) is 0 Å². The molecule has 30 heavy (non-hydrogen) atoms. The van der Waals surface area contributed by atoms with Gasteiger partial charge in [0.05, 0.1) is 28.9 Å². The lowest BCUT2D eigenvalue weighted by Crippen LogP contribution is -2.31. The van der Waals surface area contributed by atoms with Crippen LogP contribution in [0, 0.1) is 13.8 Å². The van der Waals surface area contributed by atoms with Crippen LogP contribution in [-0.4, -0.2) is 53.0 Å². The molecule has 0 saturated carbocycles. The summed E-state index contributed by atoms with van der Waals surface area (Å²) in [6, 6.07) is 4.55. The van der Waals surface area contributed by atoms with Crippen LogP contribution in [0.4, 0.5) is 0 Å². The molecule has 1 atom stereocenters. The molecule has 1 saturated heterocycles. The summed E-state index contributed by atoms with van der Waals surface area (Å²) in [6.45, 7) is 4.48. The third-order valence-corrected chi connectivity index (χ3v) is 5.25. The Labute approximate surface area is 173 Å². The van der Waals surface area contributed by atoms with E-state index in [0.29, 0.717) is 42.2 Å². The van der Waals surface area contributed by atoms with Gasteiger partial charge in [0, 0.05) is 37.4 Å². The minimum Gasteiger partial charge on any atom is -0.507 e. The Bertz CT molecular complexity index is 1080. The predicted molar refractivity (Wildman–Crippen MR) is 108 cm³/mol. The van der Waals surface area contributed by atoms with Crippen molar-refractivity contribution in [2.45, 2.75) is 32.9 Å². The molecule has 1 amide bonds. The van der Waals surface area contributed by atoms with Gasteiger partial charge < -0.3 is 14.6 Å². The monoisotopic (exact) mass is 406 g/mol. The topological polar surface area (TPSA) is 117 Å². The van der Waals surface area contributed by atoms with E-state index in [2.05, 4.69) is 20.2 Å². The number of rotatable bonds is 6. The number of likely N-dealkylation sites (tertiary alicyclic amines) is 1. The molecule has 1 fully saturated rings. The molecule has 0 aliphatic carbocycles. The van der Waals surface area contributed by atoms with E-state index < -0.39 is 17.7 Å². The van der Waals surface area contributed by atoms with E-state index in [1.807, 2.05) is 10.8 Å². The summed E-state index contributed by atoms with van der Waals surface area (Å²) in [5.74, 6) is -1.59. The zero-order valence-corrected chi connectivity index (χ0v) is 16.7. The van der Waals surface area contributed by atoms with E-state index in [4.69, 9.17) is 0 Å². The number of H-pyrrole nitrogens is 1. The van der Waals surface area contributed by atoms with Crippen LogP contribution in [0.15, 0.2) is 48.7 Å². The molecule has 2 N–H and O–H groups in total. The van der Waals surface area contributed by atoms with Crippen molar-refractivity contribution < 1.29 is 14.7 Å². The second-order valence-electron chi connectivity index (χ2n) is 7.21. The number of hydrogen-bond donors (Lipinski definition) is 2. The Morgan fingerprint density at radius 1 is 1.20 bits per heavy atom. The summed E-state index contributed by atoms with van der Waals surface area (Å²) in [4.78, 5) is 35.7.